The highest BCUT2D eigenvalue weighted by molar-refractivity contribution is 7.14. The van der Waals surface area contributed by atoms with E-state index in [1.165, 1.54) is 11.3 Å². The number of nitrogens with one attached hydrogen (secondary N) is 1. The number of hydrogen-bond donors (Lipinski definition) is 1. The van der Waals surface area contributed by atoms with Gasteiger partial charge in [-0.25, -0.2) is 0 Å². The molecule has 0 aliphatic rings. The van der Waals surface area contributed by atoms with Crippen molar-refractivity contribution in [3.63, 3.8) is 0 Å². The van der Waals surface area contributed by atoms with E-state index in [-0.39, 0.29) is 6.04 Å². The summed E-state index contributed by atoms with van der Waals surface area (Å²) in [7, 11) is 0. The van der Waals surface area contributed by atoms with Crippen LogP contribution in [0, 0.1) is 0 Å². The summed E-state index contributed by atoms with van der Waals surface area (Å²) >= 11 is 13.6. The van der Waals surface area contributed by atoms with Gasteiger partial charge in [-0.1, -0.05) is 30.1 Å². The Balaban J connectivity index is 2.16. The molecule has 5 heteroatoms. The molecule has 0 aliphatic heterocycles. The fourth-order valence-electron chi connectivity index (χ4n) is 1.82. The average Bonchev–Trinajstić information content (AvgIpc) is 2.85. The van der Waals surface area contributed by atoms with Crippen LogP contribution < -0.4 is 10.1 Å². The molecule has 0 aliphatic carbocycles. The van der Waals surface area contributed by atoms with Gasteiger partial charge in [0.2, 0.25) is 0 Å². The van der Waals surface area contributed by atoms with E-state index in [0.29, 0.717) is 11.6 Å². The summed E-state index contributed by atoms with van der Waals surface area (Å²) < 4.78 is 6.53. The first-order chi connectivity index (χ1) is 9.60. The van der Waals surface area contributed by atoms with Crippen molar-refractivity contribution >= 4 is 40.2 Å². The fraction of sp³-hybridized carbons (Fsp3) is 0.333. The lowest BCUT2D eigenvalue weighted by molar-refractivity contribution is 0.318. The number of anilines is 1. The fourth-order valence-corrected chi connectivity index (χ4v) is 2.98. The third-order valence-electron chi connectivity index (χ3n) is 2.86. The van der Waals surface area contributed by atoms with Crippen molar-refractivity contribution < 1.29 is 4.74 Å². The molecule has 0 fully saturated rings. The predicted octanol–water partition coefficient (Wildman–Crippen LogP) is 6.02. The van der Waals surface area contributed by atoms with E-state index in [9.17, 15) is 0 Å². The largest absolute Gasteiger partial charge is 0.491 e. The third kappa shape index (κ3) is 4.05. The Morgan fingerprint density at radius 3 is 2.75 bits per heavy atom. The first kappa shape index (κ1) is 15.5. The standard InChI is InChI=1S/C15H17Cl2NOS/c1-3-6-19-14-5-4-12(16)8-13(14)18-10(2)11-7-15(17)20-9-11/h4-5,7-10,18H,3,6H2,1-2H3. The lowest BCUT2D eigenvalue weighted by Crippen LogP contribution is -2.07. The van der Waals surface area contributed by atoms with E-state index < -0.39 is 0 Å². The Bertz CT molecular complexity index is 571. The Labute approximate surface area is 133 Å². The van der Waals surface area contributed by atoms with Gasteiger partial charge in [0, 0.05) is 11.1 Å². The molecule has 1 atom stereocenters. The van der Waals surface area contributed by atoms with Gasteiger partial charge in [0.1, 0.15) is 5.75 Å². The summed E-state index contributed by atoms with van der Waals surface area (Å²) in [6, 6.07) is 7.73. The van der Waals surface area contributed by atoms with Crippen molar-refractivity contribution in [1.82, 2.24) is 0 Å². The lowest BCUT2D eigenvalue weighted by atomic mass is 10.1. The highest BCUT2D eigenvalue weighted by Gasteiger charge is 2.11. The van der Waals surface area contributed by atoms with E-state index >= 15 is 0 Å². The van der Waals surface area contributed by atoms with E-state index in [0.717, 1.165) is 27.8 Å². The number of rotatable bonds is 6. The van der Waals surface area contributed by atoms with E-state index in [1.807, 2.05) is 24.3 Å². The van der Waals surface area contributed by atoms with Crippen molar-refractivity contribution in [1.29, 1.82) is 0 Å². The summed E-state index contributed by atoms with van der Waals surface area (Å²) in [6.45, 7) is 4.86. The summed E-state index contributed by atoms with van der Waals surface area (Å²) in [4.78, 5) is 0. The van der Waals surface area contributed by atoms with E-state index in [1.54, 1.807) is 0 Å². The van der Waals surface area contributed by atoms with Crippen LogP contribution in [-0.4, -0.2) is 6.61 Å². The zero-order valence-electron chi connectivity index (χ0n) is 11.5. The van der Waals surface area contributed by atoms with Gasteiger partial charge in [-0.3, -0.25) is 0 Å². The normalized spacial score (nSPS) is 12.2. The van der Waals surface area contributed by atoms with Crippen molar-refractivity contribution in [2.75, 3.05) is 11.9 Å². The van der Waals surface area contributed by atoms with Crippen LogP contribution in [0.4, 0.5) is 5.69 Å². The molecule has 0 saturated heterocycles. The van der Waals surface area contributed by atoms with Gasteiger partial charge in [0.15, 0.2) is 0 Å². The van der Waals surface area contributed by atoms with Gasteiger partial charge < -0.3 is 10.1 Å². The molecule has 0 spiro atoms. The topological polar surface area (TPSA) is 21.3 Å². The van der Waals surface area contributed by atoms with E-state index in [2.05, 4.69) is 24.5 Å². The molecule has 2 nitrogen and oxygen atoms in total. The van der Waals surface area contributed by atoms with Crippen molar-refractivity contribution in [3.05, 3.63) is 44.6 Å². The first-order valence-corrected chi connectivity index (χ1v) is 8.16. The second-order valence-corrected chi connectivity index (χ2v) is 6.52. The average molecular weight is 330 g/mol. The molecule has 0 bridgehead atoms. The molecule has 1 heterocycles. The number of halogens is 2. The van der Waals surface area contributed by atoms with Gasteiger partial charge in [0.05, 0.1) is 16.6 Å². The number of benzene rings is 1. The molecular weight excluding hydrogens is 313 g/mol. The minimum absolute atomic E-state index is 0.140. The molecule has 1 aromatic heterocycles. The lowest BCUT2D eigenvalue weighted by Gasteiger charge is -2.18. The number of ether oxygens (including phenoxy) is 1. The summed E-state index contributed by atoms with van der Waals surface area (Å²) in [5, 5.41) is 6.17. The zero-order valence-corrected chi connectivity index (χ0v) is 13.8. The van der Waals surface area contributed by atoms with Crippen LogP contribution in [0.5, 0.6) is 5.75 Å². The van der Waals surface area contributed by atoms with Gasteiger partial charge >= 0.3 is 0 Å². The SMILES string of the molecule is CCCOc1ccc(Cl)cc1NC(C)c1csc(Cl)c1. The van der Waals surface area contributed by atoms with Crippen molar-refractivity contribution in [2.24, 2.45) is 0 Å². The van der Waals surface area contributed by atoms with Crippen LogP contribution in [0.25, 0.3) is 0 Å². The minimum Gasteiger partial charge on any atom is -0.491 e. The Morgan fingerprint density at radius 2 is 2.10 bits per heavy atom. The molecule has 1 N–H and O–H groups in total. The quantitative estimate of drug-likeness (QED) is 0.699. The van der Waals surface area contributed by atoms with Gasteiger partial charge in [-0.05, 0) is 48.6 Å². The summed E-state index contributed by atoms with van der Waals surface area (Å²) in [5.41, 5.74) is 2.06. The molecule has 1 aromatic carbocycles. The first-order valence-electron chi connectivity index (χ1n) is 6.53. The predicted molar refractivity (Wildman–Crippen MR) is 88.6 cm³/mol. The number of thiophene rings is 1. The zero-order chi connectivity index (χ0) is 14.5. The van der Waals surface area contributed by atoms with E-state index in [4.69, 9.17) is 27.9 Å². The van der Waals surface area contributed by atoms with Crippen LogP contribution in [0.15, 0.2) is 29.6 Å². The Kier molecular flexibility index (Phi) is 5.58. The molecule has 0 amide bonds. The maximum Gasteiger partial charge on any atom is 0.142 e. The van der Waals surface area contributed by atoms with Crippen LogP contribution >= 0.6 is 34.5 Å². The second kappa shape index (κ2) is 7.21. The van der Waals surface area contributed by atoms with Crippen LogP contribution in [-0.2, 0) is 0 Å². The van der Waals surface area contributed by atoms with Crippen molar-refractivity contribution in [3.8, 4) is 5.75 Å². The number of hydrogen-bond acceptors (Lipinski definition) is 3. The molecule has 1 unspecified atom stereocenters. The smallest absolute Gasteiger partial charge is 0.142 e. The van der Waals surface area contributed by atoms with Gasteiger partial charge in [-0.2, -0.15) is 0 Å². The Morgan fingerprint density at radius 1 is 1.30 bits per heavy atom. The monoisotopic (exact) mass is 329 g/mol. The Hall–Kier alpha value is -0.900. The van der Waals surface area contributed by atoms with Crippen LogP contribution in [0.1, 0.15) is 31.9 Å². The van der Waals surface area contributed by atoms with Crippen LogP contribution in [0.2, 0.25) is 9.36 Å². The molecule has 2 aromatic rings. The second-order valence-electron chi connectivity index (χ2n) is 4.54. The molecule has 108 valence electrons. The van der Waals surface area contributed by atoms with Gasteiger partial charge in [0.25, 0.3) is 0 Å². The molecule has 20 heavy (non-hydrogen) atoms. The molecular formula is C15H17Cl2NOS. The summed E-state index contributed by atoms with van der Waals surface area (Å²) in [6.07, 6.45) is 0.970. The molecule has 2 rings (SSSR count). The highest BCUT2D eigenvalue weighted by atomic mass is 35.5. The summed E-state index contributed by atoms with van der Waals surface area (Å²) in [5.74, 6) is 0.824. The van der Waals surface area contributed by atoms with Crippen molar-refractivity contribution in [2.45, 2.75) is 26.3 Å². The molecule has 0 saturated carbocycles. The molecule has 0 radical (unpaired) electrons. The third-order valence-corrected chi connectivity index (χ3v) is 4.21. The minimum atomic E-state index is 0.140. The maximum atomic E-state index is 6.07. The maximum absolute atomic E-state index is 6.07. The van der Waals surface area contributed by atoms with Crippen LogP contribution in [0.3, 0.4) is 0 Å². The van der Waals surface area contributed by atoms with Gasteiger partial charge in [-0.15, -0.1) is 11.3 Å². The highest BCUT2D eigenvalue weighted by Crippen LogP contribution is 2.33.